The highest BCUT2D eigenvalue weighted by atomic mass is 32.2. The number of aromatic nitrogens is 2. The summed E-state index contributed by atoms with van der Waals surface area (Å²) in [7, 11) is -3.55. The normalized spacial score (nSPS) is 15.0. The molecule has 1 aliphatic rings. The number of hydrogen-bond acceptors (Lipinski definition) is 4. The van der Waals surface area contributed by atoms with Crippen molar-refractivity contribution in [3.05, 3.63) is 59.9 Å². The predicted octanol–water partition coefficient (Wildman–Crippen LogP) is 4.26. The van der Waals surface area contributed by atoms with Crippen LogP contribution in [0, 0.1) is 0 Å². The summed E-state index contributed by atoms with van der Waals surface area (Å²) < 4.78 is 29.5. The van der Waals surface area contributed by atoms with Crippen molar-refractivity contribution in [3.8, 4) is 0 Å². The van der Waals surface area contributed by atoms with Crippen molar-refractivity contribution in [2.75, 3.05) is 19.6 Å². The van der Waals surface area contributed by atoms with Gasteiger partial charge in [0.05, 0.1) is 15.9 Å². The number of carbonyl (C=O) groups is 1. The number of aryl methyl sites for hydroxylation is 2. The van der Waals surface area contributed by atoms with Crippen LogP contribution in [0.1, 0.15) is 57.8 Å². The quantitative estimate of drug-likeness (QED) is 0.406. The second-order valence-corrected chi connectivity index (χ2v) is 11.3. The lowest BCUT2D eigenvalue weighted by molar-refractivity contribution is -0.121. The van der Waals surface area contributed by atoms with Crippen molar-refractivity contribution >= 4 is 27.0 Å². The van der Waals surface area contributed by atoms with Crippen LogP contribution in [0.5, 0.6) is 0 Å². The molecule has 0 radical (unpaired) electrons. The van der Waals surface area contributed by atoms with Crippen LogP contribution in [0.2, 0.25) is 0 Å². The Morgan fingerprint density at radius 2 is 1.80 bits per heavy atom. The number of nitrogens with one attached hydrogen (secondary N) is 1. The molecule has 35 heavy (non-hydrogen) atoms. The Morgan fingerprint density at radius 3 is 2.43 bits per heavy atom. The summed E-state index contributed by atoms with van der Waals surface area (Å²) in [5, 5.41) is 3.13. The summed E-state index contributed by atoms with van der Waals surface area (Å²) in [5.41, 5.74) is 2.93. The van der Waals surface area contributed by atoms with Crippen LogP contribution in [0.15, 0.2) is 53.4 Å². The lowest BCUT2D eigenvalue weighted by atomic mass is 9.96. The minimum atomic E-state index is -3.55. The zero-order valence-electron chi connectivity index (χ0n) is 21.0. The summed E-state index contributed by atoms with van der Waals surface area (Å²) in [6, 6.07) is 15.6. The van der Waals surface area contributed by atoms with Gasteiger partial charge in [-0.15, -0.1) is 0 Å². The number of hydrogen-bond donors (Lipinski definition) is 1. The van der Waals surface area contributed by atoms with Gasteiger partial charge in [0.1, 0.15) is 5.82 Å². The number of fused-ring (bicyclic) bond motifs is 1. The van der Waals surface area contributed by atoms with E-state index in [2.05, 4.69) is 28.9 Å². The van der Waals surface area contributed by atoms with E-state index < -0.39 is 10.0 Å². The number of rotatable bonds is 12. The fraction of sp³-hybridized carbons (Fsp3) is 0.481. The van der Waals surface area contributed by atoms with E-state index in [0.717, 1.165) is 37.1 Å². The summed E-state index contributed by atoms with van der Waals surface area (Å²) in [6.07, 6.45) is 3.98. The average molecular weight is 497 g/mol. The number of nitrogens with zero attached hydrogens (tertiary/aromatic N) is 3. The number of amides is 1. The lowest BCUT2D eigenvalue weighted by Gasteiger charge is -2.18. The fourth-order valence-electron chi connectivity index (χ4n) is 4.79. The molecule has 188 valence electrons. The molecule has 0 unspecified atom stereocenters. The van der Waals surface area contributed by atoms with Crippen molar-refractivity contribution in [3.63, 3.8) is 0 Å². The molecule has 0 saturated heterocycles. The van der Waals surface area contributed by atoms with Gasteiger partial charge in [0.2, 0.25) is 15.9 Å². The SMILES string of the molecule is CCCn1c(CCC(=O)NCC2(c3ccccc3)CC2)nc2cc(S(=O)(=O)N(CC)CC)ccc21. The van der Waals surface area contributed by atoms with E-state index in [0.29, 0.717) is 38.0 Å². The Morgan fingerprint density at radius 1 is 1.09 bits per heavy atom. The highest BCUT2D eigenvalue weighted by Crippen LogP contribution is 2.47. The van der Waals surface area contributed by atoms with E-state index in [1.807, 2.05) is 38.1 Å². The first-order chi connectivity index (χ1) is 16.8. The van der Waals surface area contributed by atoms with Crippen LogP contribution in [-0.2, 0) is 33.2 Å². The van der Waals surface area contributed by atoms with Crippen LogP contribution in [0.25, 0.3) is 11.0 Å². The van der Waals surface area contributed by atoms with Gasteiger partial charge in [0.15, 0.2) is 0 Å². The maximum Gasteiger partial charge on any atom is 0.243 e. The zero-order chi connectivity index (χ0) is 25.1. The minimum Gasteiger partial charge on any atom is -0.355 e. The number of benzene rings is 2. The molecule has 1 fully saturated rings. The first kappa shape index (κ1) is 25.4. The Bertz CT molecular complexity index is 1280. The van der Waals surface area contributed by atoms with Gasteiger partial charge in [-0.05, 0) is 43.0 Å². The van der Waals surface area contributed by atoms with E-state index in [1.165, 1.54) is 9.87 Å². The van der Waals surface area contributed by atoms with E-state index >= 15 is 0 Å². The third-order valence-electron chi connectivity index (χ3n) is 7.03. The van der Waals surface area contributed by atoms with Crippen LogP contribution >= 0.6 is 0 Å². The van der Waals surface area contributed by atoms with E-state index in [-0.39, 0.29) is 16.2 Å². The molecular weight excluding hydrogens is 460 g/mol. The van der Waals surface area contributed by atoms with Crippen molar-refractivity contribution in [1.82, 2.24) is 19.2 Å². The zero-order valence-corrected chi connectivity index (χ0v) is 21.8. The summed E-state index contributed by atoms with van der Waals surface area (Å²) in [6.45, 7) is 8.05. The van der Waals surface area contributed by atoms with Gasteiger partial charge in [-0.2, -0.15) is 4.31 Å². The molecule has 1 N–H and O–H groups in total. The number of imidazole rings is 1. The van der Waals surface area contributed by atoms with E-state index in [4.69, 9.17) is 4.98 Å². The topological polar surface area (TPSA) is 84.3 Å². The molecule has 7 nitrogen and oxygen atoms in total. The number of sulfonamides is 1. The molecular formula is C27H36N4O3S. The Labute approximate surface area is 208 Å². The molecule has 1 heterocycles. The average Bonchev–Trinajstić information content (AvgIpc) is 3.59. The van der Waals surface area contributed by atoms with Crippen molar-refractivity contribution in [1.29, 1.82) is 0 Å². The second-order valence-electron chi connectivity index (χ2n) is 9.34. The number of carbonyl (C=O) groups excluding carboxylic acids is 1. The maximum atomic E-state index is 13.0. The predicted molar refractivity (Wildman–Crippen MR) is 139 cm³/mol. The minimum absolute atomic E-state index is 0.0205. The first-order valence-electron chi connectivity index (χ1n) is 12.7. The fourth-order valence-corrected chi connectivity index (χ4v) is 6.27. The molecule has 3 aromatic rings. The monoisotopic (exact) mass is 496 g/mol. The largest absolute Gasteiger partial charge is 0.355 e. The lowest BCUT2D eigenvalue weighted by Crippen LogP contribution is -2.32. The molecule has 8 heteroatoms. The van der Waals surface area contributed by atoms with Gasteiger partial charge in [-0.3, -0.25) is 4.79 Å². The van der Waals surface area contributed by atoms with Crippen LogP contribution in [0.3, 0.4) is 0 Å². The summed E-state index contributed by atoms with van der Waals surface area (Å²) in [5.74, 6) is 0.839. The molecule has 1 aromatic heterocycles. The smallest absolute Gasteiger partial charge is 0.243 e. The maximum absolute atomic E-state index is 13.0. The molecule has 0 spiro atoms. The van der Waals surface area contributed by atoms with Gasteiger partial charge in [0.25, 0.3) is 0 Å². The van der Waals surface area contributed by atoms with Crippen LogP contribution in [-0.4, -0.2) is 47.8 Å². The molecule has 1 saturated carbocycles. The third-order valence-corrected chi connectivity index (χ3v) is 9.07. The van der Waals surface area contributed by atoms with Gasteiger partial charge >= 0.3 is 0 Å². The molecule has 2 aromatic carbocycles. The Hall–Kier alpha value is -2.71. The summed E-state index contributed by atoms with van der Waals surface area (Å²) >= 11 is 0. The first-order valence-corrected chi connectivity index (χ1v) is 14.1. The molecule has 0 bridgehead atoms. The van der Waals surface area contributed by atoms with Gasteiger partial charge in [-0.25, -0.2) is 13.4 Å². The highest BCUT2D eigenvalue weighted by molar-refractivity contribution is 7.89. The Kier molecular flexibility index (Phi) is 7.62. The van der Waals surface area contributed by atoms with Crippen molar-refractivity contribution in [2.24, 2.45) is 0 Å². The van der Waals surface area contributed by atoms with Crippen LogP contribution < -0.4 is 5.32 Å². The third kappa shape index (κ3) is 5.28. The standard InChI is InChI=1S/C27H36N4O3S/c1-4-18-31-24-13-12-22(35(33,34)30(5-2)6-3)19-23(24)29-25(31)14-15-26(32)28-20-27(16-17-27)21-10-8-7-9-11-21/h7-13,19H,4-6,14-18,20H2,1-3H3,(H,28,32). The summed E-state index contributed by atoms with van der Waals surface area (Å²) in [4.78, 5) is 17.7. The highest BCUT2D eigenvalue weighted by Gasteiger charge is 2.44. The van der Waals surface area contributed by atoms with Gasteiger partial charge in [0, 0.05) is 44.4 Å². The van der Waals surface area contributed by atoms with Crippen molar-refractivity contribution in [2.45, 2.75) is 69.7 Å². The Balaban J connectivity index is 1.47. The van der Waals surface area contributed by atoms with Gasteiger partial charge < -0.3 is 9.88 Å². The molecule has 0 atom stereocenters. The van der Waals surface area contributed by atoms with E-state index in [1.54, 1.807) is 12.1 Å². The van der Waals surface area contributed by atoms with Crippen molar-refractivity contribution < 1.29 is 13.2 Å². The molecule has 1 aliphatic carbocycles. The molecule has 0 aliphatic heterocycles. The second kappa shape index (κ2) is 10.5. The van der Waals surface area contributed by atoms with Crippen LogP contribution in [0.4, 0.5) is 0 Å². The molecule has 4 rings (SSSR count). The van der Waals surface area contributed by atoms with E-state index in [9.17, 15) is 13.2 Å². The van der Waals surface area contributed by atoms with Gasteiger partial charge in [-0.1, -0.05) is 51.1 Å². The molecule has 1 amide bonds.